The van der Waals surface area contributed by atoms with Gasteiger partial charge < -0.3 is 9.88 Å². The zero-order valence-corrected chi connectivity index (χ0v) is 12.8. The SMILES string of the molecule is CNCc1nc(-c2ccc(C)c(C)c2C)c(C)n1C. The lowest BCUT2D eigenvalue weighted by molar-refractivity contribution is 0.701. The fourth-order valence-corrected chi connectivity index (χ4v) is 2.42. The molecule has 3 nitrogen and oxygen atoms in total. The third kappa shape index (κ3) is 2.30. The molecule has 0 saturated heterocycles. The molecule has 1 aromatic heterocycles. The van der Waals surface area contributed by atoms with Gasteiger partial charge in [0.2, 0.25) is 0 Å². The van der Waals surface area contributed by atoms with E-state index < -0.39 is 0 Å². The Hall–Kier alpha value is -1.61. The Labute approximate surface area is 115 Å². The third-order valence-corrected chi connectivity index (χ3v) is 4.12. The first-order chi connectivity index (χ1) is 8.97. The first-order valence-electron chi connectivity index (χ1n) is 6.71. The van der Waals surface area contributed by atoms with Crippen LogP contribution in [0.25, 0.3) is 11.3 Å². The van der Waals surface area contributed by atoms with Crippen molar-refractivity contribution in [2.75, 3.05) is 7.05 Å². The van der Waals surface area contributed by atoms with E-state index in [1.165, 1.54) is 27.9 Å². The van der Waals surface area contributed by atoms with Gasteiger partial charge in [-0.3, -0.25) is 0 Å². The van der Waals surface area contributed by atoms with Crippen molar-refractivity contribution in [1.82, 2.24) is 14.9 Å². The molecule has 0 radical (unpaired) electrons. The minimum atomic E-state index is 0.793. The Morgan fingerprint density at radius 1 is 1.11 bits per heavy atom. The number of hydrogen-bond acceptors (Lipinski definition) is 2. The number of nitrogens with zero attached hydrogens (tertiary/aromatic N) is 2. The van der Waals surface area contributed by atoms with Crippen molar-refractivity contribution in [1.29, 1.82) is 0 Å². The second-order valence-corrected chi connectivity index (χ2v) is 5.23. The van der Waals surface area contributed by atoms with Gasteiger partial charge in [0.25, 0.3) is 0 Å². The molecule has 0 fully saturated rings. The molecule has 0 aliphatic carbocycles. The van der Waals surface area contributed by atoms with Gasteiger partial charge in [0.1, 0.15) is 5.82 Å². The predicted molar refractivity (Wildman–Crippen MR) is 80.4 cm³/mol. The van der Waals surface area contributed by atoms with Crippen molar-refractivity contribution >= 4 is 0 Å². The highest BCUT2D eigenvalue weighted by molar-refractivity contribution is 5.68. The standard InChI is InChI=1S/C16H23N3/c1-10-7-8-14(12(3)11(10)2)16-13(4)19(6)15(18-16)9-17-5/h7-8,17H,9H2,1-6H3. The van der Waals surface area contributed by atoms with E-state index in [2.05, 4.69) is 56.8 Å². The number of benzene rings is 1. The lowest BCUT2D eigenvalue weighted by atomic mass is 9.96. The Bertz CT molecular complexity index is 609. The van der Waals surface area contributed by atoms with Gasteiger partial charge in [0.15, 0.2) is 0 Å². The maximum atomic E-state index is 4.80. The van der Waals surface area contributed by atoms with E-state index in [0.29, 0.717) is 0 Å². The van der Waals surface area contributed by atoms with Gasteiger partial charge in [0.05, 0.1) is 12.2 Å². The number of aromatic nitrogens is 2. The molecule has 19 heavy (non-hydrogen) atoms. The molecule has 3 heteroatoms. The average molecular weight is 257 g/mol. The lowest BCUT2D eigenvalue weighted by Crippen LogP contribution is -2.10. The molecule has 0 amide bonds. The fraction of sp³-hybridized carbons (Fsp3) is 0.438. The van der Waals surface area contributed by atoms with Crippen molar-refractivity contribution in [2.45, 2.75) is 34.2 Å². The Morgan fingerprint density at radius 3 is 2.42 bits per heavy atom. The molecule has 2 rings (SSSR count). The van der Waals surface area contributed by atoms with Gasteiger partial charge in [-0.05, 0) is 51.4 Å². The largest absolute Gasteiger partial charge is 0.334 e. The van der Waals surface area contributed by atoms with E-state index in [-0.39, 0.29) is 0 Å². The molecule has 0 aliphatic heterocycles. The Morgan fingerprint density at radius 2 is 1.79 bits per heavy atom. The predicted octanol–water partition coefficient (Wildman–Crippen LogP) is 3.04. The summed E-state index contributed by atoms with van der Waals surface area (Å²) in [5.74, 6) is 1.08. The van der Waals surface area contributed by atoms with Crippen LogP contribution in [-0.4, -0.2) is 16.6 Å². The highest BCUT2D eigenvalue weighted by Crippen LogP contribution is 2.29. The quantitative estimate of drug-likeness (QED) is 0.916. The fourth-order valence-electron chi connectivity index (χ4n) is 2.42. The summed E-state index contributed by atoms with van der Waals surface area (Å²) in [6.07, 6.45) is 0. The second-order valence-electron chi connectivity index (χ2n) is 5.23. The van der Waals surface area contributed by atoms with E-state index in [4.69, 9.17) is 4.98 Å². The van der Waals surface area contributed by atoms with Crippen LogP contribution in [0.4, 0.5) is 0 Å². The molecule has 0 saturated carbocycles. The van der Waals surface area contributed by atoms with Crippen molar-refractivity contribution in [3.63, 3.8) is 0 Å². The third-order valence-electron chi connectivity index (χ3n) is 4.12. The summed E-state index contributed by atoms with van der Waals surface area (Å²) in [6.45, 7) is 9.45. The summed E-state index contributed by atoms with van der Waals surface area (Å²) in [6, 6.07) is 4.37. The smallest absolute Gasteiger partial charge is 0.123 e. The highest BCUT2D eigenvalue weighted by Gasteiger charge is 2.15. The summed E-state index contributed by atoms with van der Waals surface area (Å²) >= 11 is 0. The van der Waals surface area contributed by atoms with Gasteiger partial charge in [-0.2, -0.15) is 0 Å². The van der Waals surface area contributed by atoms with Crippen LogP contribution in [0.15, 0.2) is 12.1 Å². The van der Waals surface area contributed by atoms with Crippen LogP contribution in [0.2, 0.25) is 0 Å². The average Bonchev–Trinajstić information content (AvgIpc) is 2.65. The molecule has 1 aromatic carbocycles. The van der Waals surface area contributed by atoms with Crippen LogP contribution in [0.1, 0.15) is 28.2 Å². The molecule has 0 atom stereocenters. The van der Waals surface area contributed by atoms with E-state index >= 15 is 0 Å². The van der Waals surface area contributed by atoms with E-state index in [0.717, 1.165) is 18.1 Å². The zero-order valence-electron chi connectivity index (χ0n) is 12.8. The summed E-state index contributed by atoms with van der Waals surface area (Å²) in [4.78, 5) is 4.80. The van der Waals surface area contributed by atoms with Crippen molar-refractivity contribution < 1.29 is 0 Å². The van der Waals surface area contributed by atoms with Crippen LogP contribution in [0.5, 0.6) is 0 Å². The van der Waals surface area contributed by atoms with Crippen LogP contribution in [0, 0.1) is 27.7 Å². The normalized spacial score (nSPS) is 11.1. The molecule has 1 heterocycles. The van der Waals surface area contributed by atoms with Crippen LogP contribution in [-0.2, 0) is 13.6 Å². The number of hydrogen-bond donors (Lipinski definition) is 1. The second kappa shape index (κ2) is 5.17. The van der Waals surface area contributed by atoms with Gasteiger partial charge in [-0.1, -0.05) is 12.1 Å². The molecule has 0 bridgehead atoms. The number of aryl methyl sites for hydroxylation is 1. The lowest BCUT2D eigenvalue weighted by Gasteiger charge is -2.10. The number of rotatable bonds is 3. The van der Waals surface area contributed by atoms with E-state index in [9.17, 15) is 0 Å². The molecular weight excluding hydrogens is 234 g/mol. The molecule has 0 spiro atoms. The maximum absolute atomic E-state index is 4.80. The molecular formula is C16H23N3. The minimum Gasteiger partial charge on any atom is -0.334 e. The minimum absolute atomic E-state index is 0.793. The highest BCUT2D eigenvalue weighted by atomic mass is 15.1. The summed E-state index contributed by atoms with van der Waals surface area (Å²) in [5, 5.41) is 3.17. The first-order valence-corrected chi connectivity index (χ1v) is 6.71. The van der Waals surface area contributed by atoms with Gasteiger partial charge in [0, 0.05) is 18.3 Å². The van der Waals surface area contributed by atoms with Gasteiger partial charge in [-0.15, -0.1) is 0 Å². The summed E-state index contributed by atoms with van der Waals surface area (Å²) < 4.78 is 2.17. The maximum Gasteiger partial charge on any atom is 0.123 e. The first kappa shape index (κ1) is 13.8. The molecule has 0 aliphatic rings. The van der Waals surface area contributed by atoms with Gasteiger partial charge in [-0.25, -0.2) is 4.98 Å². The van der Waals surface area contributed by atoms with Crippen molar-refractivity contribution in [3.05, 3.63) is 40.3 Å². The molecule has 102 valence electrons. The topological polar surface area (TPSA) is 29.9 Å². The van der Waals surface area contributed by atoms with Crippen LogP contribution < -0.4 is 5.32 Å². The Kier molecular flexibility index (Phi) is 3.76. The summed E-state index contributed by atoms with van der Waals surface area (Å²) in [7, 11) is 4.03. The number of imidazole rings is 1. The van der Waals surface area contributed by atoms with E-state index in [1.807, 2.05) is 7.05 Å². The zero-order chi connectivity index (χ0) is 14.2. The molecule has 0 unspecified atom stereocenters. The van der Waals surface area contributed by atoms with Crippen molar-refractivity contribution in [3.8, 4) is 11.3 Å². The van der Waals surface area contributed by atoms with E-state index in [1.54, 1.807) is 0 Å². The van der Waals surface area contributed by atoms with Crippen molar-refractivity contribution in [2.24, 2.45) is 7.05 Å². The van der Waals surface area contributed by atoms with Crippen LogP contribution in [0.3, 0.4) is 0 Å². The molecule has 1 N–H and O–H groups in total. The Balaban J connectivity index is 2.60. The van der Waals surface area contributed by atoms with Gasteiger partial charge >= 0.3 is 0 Å². The number of nitrogens with one attached hydrogen (secondary N) is 1. The molecule has 2 aromatic rings. The van der Waals surface area contributed by atoms with Crippen LogP contribution >= 0.6 is 0 Å². The summed E-state index contributed by atoms with van der Waals surface area (Å²) in [5.41, 5.74) is 7.60. The monoisotopic (exact) mass is 257 g/mol.